The van der Waals surface area contributed by atoms with Crippen LogP contribution in [0.2, 0.25) is 0 Å². The third kappa shape index (κ3) is 1.78. The Morgan fingerprint density at radius 2 is 1.50 bits per heavy atom. The minimum absolute atomic E-state index is 0.457. The van der Waals surface area contributed by atoms with E-state index in [2.05, 4.69) is 0 Å². The van der Waals surface area contributed by atoms with Gasteiger partial charge in [0.2, 0.25) is 6.29 Å². The van der Waals surface area contributed by atoms with Crippen molar-refractivity contribution in [2.75, 3.05) is 0 Å². The van der Waals surface area contributed by atoms with Gasteiger partial charge >= 0.3 is 0 Å². The lowest BCUT2D eigenvalue weighted by molar-refractivity contribution is -0.0882. The van der Waals surface area contributed by atoms with E-state index in [1.165, 1.54) is 0 Å². The van der Waals surface area contributed by atoms with E-state index in [9.17, 15) is 10.2 Å². The zero-order chi connectivity index (χ0) is 12.5. The Balaban J connectivity index is 2.03. The van der Waals surface area contributed by atoms with Crippen LogP contribution in [-0.2, 0) is 0 Å². The van der Waals surface area contributed by atoms with Crippen molar-refractivity contribution < 1.29 is 14.9 Å². The first kappa shape index (κ1) is 11.3. The molecule has 0 aromatic heterocycles. The van der Waals surface area contributed by atoms with Crippen LogP contribution in [0.3, 0.4) is 0 Å². The van der Waals surface area contributed by atoms with Gasteiger partial charge in [0.25, 0.3) is 0 Å². The summed E-state index contributed by atoms with van der Waals surface area (Å²) in [5.74, 6) is 0.0887. The van der Waals surface area contributed by atoms with Gasteiger partial charge in [-0.15, -0.1) is 0 Å². The molecule has 3 nitrogen and oxygen atoms in total. The van der Waals surface area contributed by atoms with Crippen molar-refractivity contribution >= 4 is 0 Å². The molecule has 3 atom stereocenters. The van der Waals surface area contributed by atoms with E-state index in [0.717, 1.165) is 11.1 Å². The fraction of sp³-hybridized carbons (Fsp3) is 0.200. The largest absolute Gasteiger partial charge is 0.464 e. The standard InChI is InChI=1S/C15H14O3/c16-14-11-8-4-5-9-12(11)18-15(17)13(14)10-6-2-1-3-7-10/h1-9,13-17H. The zero-order valence-corrected chi connectivity index (χ0v) is 9.73. The van der Waals surface area contributed by atoms with E-state index < -0.39 is 18.3 Å². The summed E-state index contributed by atoms with van der Waals surface area (Å²) in [4.78, 5) is 0. The van der Waals surface area contributed by atoms with E-state index in [1.807, 2.05) is 48.5 Å². The molecule has 0 aliphatic carbocycles. The maximum absolute atomic E-state index is 10.4. The lowest BCUT2D eigenvalue weighted by atomic mass is 9.86. The molecule has 92 valence electrons. The Hall–Kier alpha value is -1.84. The summed E-state index contributed by atoms with van der Waals surface area (Å²) in [5, 5.41) is 20.5. The van der Waals surface area contributed by atoms with Gasteiger partial charge in [0, 0.05) is 5.56 Å². The second-order valence-corrected chi connectivity index (χ2v) is 4.43. The van der Waals surface area contributed by atoms with Crippen LogP contribution in [0.1, 0.15) is 23.1 Å². The van der Waals surface area contributed by atoms with Crippen LogP contribution in [0, 0.1) is 0 Å². The number of aliphatic hydroxyl groups is 2. The van der Waals surface area contributed by atoms with Gasteiger partial charge in [-0.25, -0.2) is 0 Å². The molecule has 1 aliphatic rings. The molecule has 2 aromatic carbocycles. The summed E-state index contributed by atoms with van der Waals surface area (Å²) in [6.07, 6.45) is -1.79. The van der Waals surface area contributed by atoms with Crippen LogP contribution in [0.25, 0.3) is 0 Å². The van der Waals surface area contributed by atoms with Crippen molar-refractivity contribution in [2.45, 2.75) is 18.3 Å². The Morgan fingerprint density at radius 1 is 0.833 bits per heavy atom. The fourth-order valence-electron chi connectivity index (χ4n) is 2.41. The van der Waals surface area contributed by atoms with Crippen LogP contribution >= 0.6 is 0 Å². The molecule has 0 saturated carbocycles. The summed E-state index contributed by atoms with van der Waals surface area (Å²) in [7, 11) is 0. The highest BCUT2D eigenvalue weighted by Gasteiger charge is 2.37. The summed E-state index contributed by atoms with van der Waals surface area (Å²) in [6, 6.07) is 16.7. The van der Waals surface area contributed by atoms with E-state index in [4.69, 9.17) is 4.74 Å². The van der Waals surface area contributed by atoms with Crippen LogP contribution in [0.4, 0.5) is 0 Å². The fourth-order valence-corrected chi connectivity index (χ4v) is 2.41. The molecule has 2 aromatic rings. The molecule has 0 spiro atoms. The van der Waals surface area contributed by atoms with Gasteiger partial charge in [-0.3, -0.25) is 0 Å². The van der Waals surface area contributed by atoms with Gasteiger partial charge in [-0.1, -0.05) is 48.5 Å². The Morgan fingerprint density at radius 3 is 2.28 bits per heavy atom. The van der Waals surface area contributed by atoms with Gasteiger partial charge in [0.1, 0.15) is 5.75 Å². The number of hydrogen-bond acceptors (Lipinski definition) is 3. The molecule has 0 bridgehead atoms. The first-order valence-corrected chi connectivity index (χ1v) is 5.94. The molecule has 0 fully saturated rings. The van der Waals surface area contributed by atoms with Crippen LogP contribution < -0.4 is 4.74 Å². The number of benzene rings is 2. The van der Waals surface area contributed by atoms with Crippen LogP contribution in [-0.4, -0.2) is 16.5 Å². The zero-order valence-electron chi connectivity index (χ0n) is 9.73. The molecule has 0 radical (unpaired) electrons. The predicted molar refractivity (Wildman–Crippen MR) is 67.2 cm³/mol. The normalized spacial score (nSPS) is 26.2. The number of para-hydroxylation sites is 1. The second kappa shape index (κ2) is 4.44. The molecule has 0 amide bonds. The predicted octanol–water partition coefficient (Wildman–Crippen LogP) is 2.21. The van der Waals surface area contributed by atoms with Crippen LogP contribution in [0.5, 0.6) is 5.75 Å². The quantitative estimate of drug-likeness (QED) is 0.806. The van der Waals surface area contributed by atoms with Crippen molar-refractivity contribution in [2.24, 2.45) is 0 Å². The smallest absolute Gasteiger partial charge is 0.207 e. The number of hydrogen-bond donors (Lipinski definition) is 2. The van der Waals surface area contributed by atoms with E-state index in [0.29, 0.717) is 5.75 Å². The van der Waals surface area contributed by atoms with Crippen molar-refractivity contribution in [1.29, 1.82) is 0 Å². The van der Waals surface area contributed by atoms with Crippen molar-refractivity contribution in [1.82, 2.24) is 0 Å². The summed E-state index contributed by atoms with van der Waals surface area (Å²) in [6.45, 7) is 0. The van der Waals surface area contributed by atoms with E-state index in [-0.39, 0.29) is 0 Å². The number of aliphatic hydroxyl groups excluding tert-OH is 2. The highest BCUT2D eigenvalue weighted by molar-refractivity contribution is 5.40. The minimum Gasteiger partial charge on any atom is -0.464 e. The molecule has 2 N–H and O–H groups in total. The van der Waals surface area contributed by atoms with Crippen molar-refractivity contribution in [3.63, 3.8) is 0 Å². The summed E-state index contributed by atoms with van der Waals surface area (Å²) < 4.78 is 5.46. The highest BCUT2D eigenvalue weighted by Crippen LogP contribution is 2.42. The monoisotopic (exact) mass is 242 g/mol. The van der Waals surface area contributed by atoms with Gasteiger partial charge in [0.05, 0.1) is 12.0 Å². The minimum atomic E-state index is -1.03. The SMILES string of the molecule is OC1Oc2ccccc2C(O)C1c1ccccc1. The Kier molecular flexibility index (Phi) is 2.78. The first-order valence-electron chi connectivity index (χ1n) is 5.94. The maximum Gasteiger partial charge on any atom is 0.207 e. The van der Waals surface area contributed by atoms with Gasteiger partial charge in [0.15, 0.2) is 0 Å². The Bertz CT molecular complexity index is 538. The second-order valence-electron chi connectivity index (χ2n) is 4.43. The van der Waals surface area contributed by atoms with Gasteiger partial charge in [-0.05, 0) is 11.6 Å². The van der Waals surface area contributed by atoms with Crippen LogP contribution in [0.15, 0.2) is 54.6 Å². The lowest BCUT2D eigenvalue weighted by Crippen LogP contribution is -2.34. The number of rotatable bonds is 1. The summed E-state index contributed by atoms with van der Waals surface area (Å²) >= 11 is 0. The number of ether oxygens (including phenoxy) is 1. The maximum atomic E-state index is 10.4. The van der Waals surface area contributed by atoms with Crippen molar-refractivity contribution in [3.05, 3.63) is 65.7 Å². The topological polar surface area (TPSA) is 49.7 Å². The molecular formula is C15H14O3. The molecule has 1 aliphatic heterocycles. The summed E-state index contributed by atoms with van der Waals surface area (Å²) in [5.41, 5.74) is 1.59. The first-order chi connectivity index (χ1) is 8.77. The molecule has 18 heavy (non-hydrogen) atoms. The molecule has 0 saturated heterocycles. The van der Waals surface area contributed by atoms with E-state index >= 15 is 0 Å². The average molecular weight is 242 g/mol. The molecular weight excluding hydrogens is 228 g/mol. The average Bonchev–Trinajstić information content (AvgIpc) is 2.40. The molecule has 3 heteroatoms. The molecule has 3 unspecified atom stereocenters. The number of fused-ring (bicyclic) bond motifs is 1. The third-order valence-electron chi connectivity index (χ3n) is 3.32. The molecule has 3 rings (SSSR count). The molecule has 1 heterocycles. The van der Waals surface area contributed by atoms with E-state index in [1.54, 1.807) is 6.07 Å². The lowest BCUT2D eigenvalue weighted by Gasteiger charge is -2.34. The highest BCUT2D eigenvalue weighted by atomic mass is 16.6. The van der Waals surface area contributed by atoms with Crippen molar-refractivity contribution in [3.8, 4) is 5.75 Å². The van der Waals surface area contributed by atoms with Gasteiger partial charge in [-0.2, -0.15) is 0 Å². The van der Waals surface area contributed by atoms with Gasteiger partial charge < -0.3 is 14.9 Å². The Labute approximate surface area is 105 Å². The third-order valence-corrected chi connectivity index (χ3v) is 3.32.